The zero-order valence-corrected chi connectivity index (χ0v) is 17.1. The van der Waals surface area contributed by atoms with E-state index < -0.39 is 11.5 Å². The van der Waals surface area contributed by atoms with Gasteiger partial charge in [0, 0.05) is 30.2 Å². The average molecular weight is 425 g/mol. The van der Waals surface area contributed by atoms with Gasteiger partial charge in [-0.05, 0) is 48.7 Å². The second-order valence-electron chi connectivity index (χ2n) is 7.60. The van der Waals surface area contributed by atoms with Crippen molar-refractivity contribution in [2.45, 2.75) is 18.4 Å². The molecule has 4 rings (SSSR count). The lowest BCUT2D eigenvalue weighted by Crippen LogP contribution is -2.45. The Morgan fingerprint density at radius 3 is 2.33 bits per heavy atom. The van der Waals surface area contributed by atoms with E-state index in [2.05, 4.69) is 6.58 Å². The monoisotopic (exact) mass is 424 g/mol. The largest absolute Gasteiger partial charge is 0.385 e. The number of imide groups is 1. The minimum atomic E-state index is -1.01. The molecule has 1 N–H and O–H groups in total. The summed E-state index contributed by atoms with van der Waals surface area (Å²) in [5, 5.41) is 11.6. The highest BCUT2D eigenvalue weighted by atomic mass is 35.5. The number of amides is 3. The van der Waals surface area contributed by atoms with Crippen LogP contribution in [0.1, 0.15) is 49.5 Å². The SMILES string of the molecule is C=CCN1C(=O)c2ccc(C(=O)N3CCC(O)(c4ccc(Cl)cc4)CC3)cc2C1=O. The van der Waals surface area contributed by atoms with E-state index in [1.807, 2.05) is 0 Å². The number of carbonyl (C=O) groups is 3. The van der Waals surface area contributed by atoms with Crippen molar-refractivity contribution in [3.63, 3.8) is 0 Å². The molecule has 2 aliphatic rings. The number of hydrogen-bond donors (Lipinski definition) is 1. The van der Waals surface area contributed by atoms with E-state index in [4.69, 9.17) is 11.6 Å². The molecule has 0 spiro atoms. The van der Waals surface area contributed by atoms with Crippen molar-refractivity contribution in [2.75, 3.05) is 19.6 Å². The molecule has 30 heavy (non-hydrogen) atoms. The normalized spacial score (nSPS) is 17.8. The maximum absolute atomic E-state index is 13.0. The fourth-order valence-corrected chi connectivity index (χ4v) is 4.16. The van der Waals surface area contributed by atoms with Gasteiger partial charge in [-0.15, -0.1) is 6.58 Å². The molecule has 0 aliphatic carbocycles. The summed E-state index contributed by atoms with van der Waals surface area (Å²) >= 11 is 5.93. The summed E-state index contributed by atoms with van der Waals surface area (Å²) in [6, 6.07) is 11.7. The van der Waals surface area contributed by atoms with Gasteiger partial charge in [0.2, 0.25) is 0 Å². The third kappa shape index (κ3) is 3.42. The van der Waals surface area contributed by atoms with E-state index in [1.165, 1.54) is 18.2 Å². The summed E-state index contributed by atoms with van der Waals surface area (Å²) in [6.07, 6.45) is 2.29. The fourth-order valence-electron chi connectivity index (χ4n) is 4.03. The highest BCUT2D eigenvalue weighted by molar-refractivity contribution is 6.30. The van der Waals surface area contributed by atoms with E-state index in [0.29, 0.717) is 42.1 Å². The van der Waals surface area contributed by atoms with Crippen LogP contribution in [0, 0.1) is 0 Å². The van der Waals surface area contributed by atoms with Crippen LogP contribution in [-0.4, -0.2) is 52.3 Å². The third-order valence-electron chi connectivity index (χ3n) is 5.79. The molecule has 2 aromatic rings. The molecule has 0 unspecified atom stereocenters. The molecule has 0 saturated carbocycles. The summed E-state index contributed by atoms with van der Waals surface area (Å²) in [4.78, 5) is 40.6. The first kappa shape index (κ1) is 20.3. The van der Waals surface area contributed by atoms with Gasteiger partial charge in [0.25, 0.3) is 17.7 Å². The van der Waals surface area contributed by atoms with E-state index >= 15 is 0 Å². The summed E-state index contributed by atoms with van der Waals surface area (Å²) < 4.78 is 0. The van der Waals surface area contributed by atoms with E-state index in [0.717, 1.165) is 10.5 Å². The van der Waals surface area contributed by atoms with Gasteiger partial charge in [0.1, 0.15) is 0 Å². The lowest BCUT2D eigenvalue weighted by Gasteiger charge is -2.38. The highest BCUT2D eigenvalue weighted by Gasteiger charge is 2.38. The van der Waals surface area contributed by atoms with Gasteiger partial charge in [0.15, 0.2) is 0 Å². The predicted molar refractivity (Wildman–Crippen MR) is 112 cm³/mol. The fraction of sp³-hybridized carbons (Fsp3) is 0.261. The quantitative estimate of drug-likeness (QED) is 0.603. The summed E-state index contributed by atoms with van der Waals surface area (Å²) in [5.74, 6) is -1.02. The third-order valence-corrected chi connectivity index (χ3v) is 6.04. The van der Waals surface area contributed by atoms with E-state index in [1.54, 1.807) is 35.2 Å². The standard InChI is InChI=1S/C23H21ClN2O4/c1-2-11-26-21(28)18-8-3-15(14-19(18)22(26)29)20(27)25-12-9-23(30,10-13-25)16-4-6-17(24)7-5-16/h2-8,14,30H,1,9-13H2. The predicted octanol–water partition coefficient (Wildman–Crippen LogP) is 3.25. The molecular weight excluding hydrogens is 404 g/mol. The van der Waals surface area contributed by atoms with Crippen LogP contribution in [0.2, 0.25) is 5.02 Å². The highest BCUT2D eigenvalue weighted by Crippen LogP contribution is 2.34. The maximum atomic E-state index is 13.0. The second kappa shape index (κ2) is 7.70. The Labute approximate surface area is 179 Å². The number of hydrogen-bond acceptors (Lipinski definition) is 4. The van der Waals surface area contributed by atoms with Gasteiger partial charge < -0.3 is 10.0 Å². The smallest absolute Gasteiger partial charge is 0.261 e. The molecule has 7 heteroatoms. The Morgan fingerprint density at radius 2 is 1.70 bits per heavy atom. The number of likely N-dealkylation sites (tertiary alicyclic amines) is 1. The van der Waals surface area contributed by atoms with Gasteiger partial charge in [-0.25, -0.2) is 0 Å². The number of piperidine rings is 1. The van der Waals surface area contributed by atoms with E-state index in [-0.39, 0.29) is 23.9 Å². The number of halogens is 1. The first-order valence-electron chi connectivity index (χ1n) is 9.73. The second-order valence-corrected chi connectivity index (χ2v) is 8.04. The molecule has 0 radical (unpaired) electrons. The Kier molecular flexibility index (Phi) is 5.22. The Balaban J connectivity index is 1.49. The topological polar surface area (TPSA) is 77.9 Å². The van der Waals surface area contributed by atoms with Gasteiger partial charge in [-0.2, -0.15) is 0 Å². The zero-order valence-electron chi connectivity index (χ0n) is 16.3. The molecule has 3 amide bonds. The summed E-state index contributed by atoms with van der Waals surface area (Å²) in [6.45, 7) is 4.46. The van der Waals surface area contributed by atoms with Crippen LogP contribution in [0.5, 0.6) is 0 Å². The Morgan fingerprint density at radius 1 is 1.07 bits per heavy atom. The van der Waals surface area contributed by atoms with Crippen LogP contribution in [0.15, 0.2) is 55.1 Å². The summed E-state index contributed by atoms with van der Waals surface area (Å²) in [5.41, 5.74) is 0.666. The average Bonchev–Trinajstić information content (AvgIpc) is 2.99. The van der Waals surface area contributed by atoms with Gasteiger partial charge in [-0.1, -0.05) is 29.8 Å². The maximum Gasteiger partial charge on any atom is 0.261 e. The molecule has 0 bridgehead atoms. The number of fused-ring (bicyclic) bond motifs is 1. The van der Waals surface area contributed by atoms with Crippen LogP contribution in [0.25, 0.3) is 0 Å². The Bertz CT molecular complexity index is 1040. The van der Waals surface area contributed by atoms with Crippen molar-refractivity contribution < 1.29 is 19.5 Å². The van der Waals surface area contributed by atoms with Crippen molar-refractivity contribution in [1.29, 1.82) is 0 Å². The lowest BCUT2D eigenvalue weighted by atomic mass is 9.84. The van der Waals surface area contributed by atoms with Crippen LogP contribution >= 0.6 is 11.6 Å². The lowest BCUT2D eigenvalue weighted by molar-refractivity contribution is -0.0211. The van der Waals surface area contributed by atoms with Crippen molar-refractivity contribution in [3.05, 3.63) is 82.4 Å². The number of nitrogens with zero attached hydrogens (tertiary/aromatic N) is 2. The molecule has 2 aliphatic heterocycles. The molecule has 0 aromatic heterocycles. The number of rotatable bonds is 4. The van der Waals surface area contributed by atoms with Crippen molar-refractivity contribution in [1.82, 2.24) is 9.80 Å². The van der Waals surface area contributed by atoms with E-state index in [9.17, 15) is 19.5 Å². The molecule has 6 nitrogen and oxygen atoms in total. The number of aliphatic hydroxyl groups is 1. The van der Waals surface area contributed by atoms with Gasteiger partial charge in [0.05, 0.1) is 16.7 Å². The van der Waals surface area contributed by atoms with Crippen molar-refractivity contribution >= 4 is 29.3 Å². The van der Waals surface area contributed by atoms with Crippen molar-refractivity contribution in [2.24, 2.45) is 0 Å². The molecule has 1 fully saturated rings. The molecular formula is C23H21ClN2O4. The minimum absolute atomic E-state index is 0.130. The van der Waals surface area contributed by atoms with Crippen LogP contribution < -0.4 is 0 Å². The first-order chi connectivity index (χ1) is 14.3. The summed E-state index contributed by atoms with van der Waals surface area (Å²) in [7, 11) is 0. The molecule has 154 valence electrons. The number of carbonyl (C=O) groups excluding carboxylic acids is 3. The molecule has 2 aromatic carbocycles. The first-order valence-corrected chi connectivity index (χ1v) is 10.1. The van der Waals surface area contributed by atoms with Gasteiger partial charge in [-0.3, -0.25) is 19.3 Å². The molecule has 1 saturated heterocycles. The molecule has 0 atom stereocenters. The van der Waals surface area contributed by atoms with Gasteiger partial charge >= 0.3 is 0 Å². The number of benzene rings is 2. The van der Waals surface area contributed by atoms with Crippen LogP contribution in [0.4, 0.5) is 0 Å². The van der Waals surface area contributed by atoms with Crippen molar-refractivity contribution in [3.8, 4) is 0 Å². The minimum Gasteiger partial charge on any atom is -0.385 e. The van der Waals surface area contributed by atoms with Crippen LogP contribution in [-0.2, 0) is 5.60 Å². The van der Waals surface area contributed by atoms with Crippen LogP contribution in [0.3, 0.4) is 0 Å². The Hall–Kier alpha value is -2.96. The zero-order chi connectivity index (χ0) is 21.5. The molecule has 2 heterocycles.